The predicted molar refractivity (Wildman–Crippen MR) is 100 cm³/mol. The maximum atomic E-state index is 6.42. The van der Waals surface area contributed by atoms with Crippen LogP contribution in [0, 0.1) is 0 Å². The summed E-state index contributed by atoms with van der Waals surface area (Å²) in [6.07, 6.45) is 9.20. The first-order valence-electron chi connectivity index (χ1n) is 9.61. The standard InChI is InChI=1S/C22H28N2O/c1-2-8-19(9-3-1)16-23-15-13-21(20-10-4-7-14-24-20)17-22(25-18-21)11-5-6-12-22/h1-4,7-10,14,23H,5-6,11-13,15-18H2. The Morgan fingerprint density at radius 1 is 1.00 bits per heavy atom. The Bertz CT molecular complexity index is 667. The molecule has 1 aromatic heterocycles. The molecule has 0 radical (unpaired) electrons. The predicted octanol–water partition coefficient (Wildman–Crippen LogP) is 4.23. The number of nitrogens with zero attached hydrogens (tertiary/aromatic N) is 1. The van der Waals surface area contributed by atoms with Gasteiger partial charge in [-0.1, -0.05) is 49.2 Å². The zero-order valence-corrected chi connectivity index (χ0v) is 14.9. The zero-order valence-electron chi connectivity index (χ0n) is 14.9. The third-order valence-corrected chi connectivity index (χ3v) is 5.99. The van der Waals surface area contributed by atoms with E-state index in [1.165, 1.54) is 36.9 Å². The second kappa shape index (κ2) is 7.27. The molecule has 0 amide bonds. The molecule has 4 rings (SSSR count). The highest BCUT2D eigenvalue weighted by atomic mass is 16.5. The van der Waals surface area contributed by atoms with E-state index in [9.17, 15) is 0 Å². The molecule has 3 nitrogen and oxygen atoms in total. The van der Waals surface area contributed by atoms with Crippen molar-refractivity contribution >= 4 is 0 Å². The van der Waals surface area contributed by atoms with Crippen LogP contribution in [0.3, 0.4) is 0 Å². The molecule has 1 saturated carbocycles. The first kappa shape index (κ1) is 16.7. The van der Waals surface area contributed by atoms with Crippen LogP contribution in [0.25, 0.3) is 0 Å². The van der Waals surface area contributed by atoms with E-state index < -0.39 is 0 Å². The molecule has 1 aliphatic carbocycles. The van der Waals surface area contributed by atoms with E-state index in [0.717, 1.165) is 32.5 Å². The molecule has 1 saturated heterocycles. The van der Waals surface area contributed by atoms with Crippen LogP contribution in [0.2, 0.25) is 0 Å². The molecule has 3 heteroatoms. The number of benzene rings is 1. The molecule has 2 aliphatic rings. The minimum Gasteiger partial charge on any atom is -0.374 e. The first-order chi connectivity index (χ1) is 12.3. The van der Waals surface area contributed by atoms with Gasteiger partial charge in [-0.15, -0.1) is 0 Å². The summed E-state index contributed by atoms with van der Waals surface area (Å²) >= 11 is 0. The Balaban J connectivity index is 1.43. The van der Waals surface area contributed by atoms with Crippen molar-refractivity contribution in [2.45, 2.75) is 56.1 Å². The molecule has 1 spiro atoms. The number of nitrogens with one attached hydrogen (secondary N) is 1. The van der Waals surface area contributed by atoms with Crippen molar-refractivity contribution in [3.05, 3.63) is 66.0 Å². The summed E-state index contributed by atoms with van der Waals surface area (Å²) in [6, 6.07) is 16.9. The average Bonchev–Trinajstić information content (AvgIpc) is 3.29. The van der Waals surface area contributed by atoms with Gasteiger partial charge >= 0.3 is 0 Å². The lowest BCUT2D eigenvalue weighted by molar-refractivity contribution is 0.00859. The van der Waals surface area contributed by atoms with Gasteiger partial charge in [-0.05, 0) is 49.9 Å². The van der Waals surface area contributed by atoms with Gasteiger partial charge in [0.2, 0.25) is 0 Å². The Labute approximate surface area is 150 Å². The summed E-state index contributed by atoms with van der Waals surface area (Å²) < 4.78 is 6.42. The van der Waals surface area contributed by atoms with E-state index >= 15 is 0 Å². The fraction of sp³-hybridized carbons (Fsp3) is 0.500. The fourth-order valence-corrected chi connectivity index (χ4v) is 4.64. The monoisotopic (exact) mass is 336 g/mol. The van der Waals surface area contributed by atoms with Gasteiger partial charge in [-0.3, -0.25) is 4.98 Å². The van der Waals surface area contributed by atoms with Gasteiger partial charge in [0.1, 0.15) is 0 Å². The molecular formula is C22H28N2O. The highest BCUT2D eigenvalue weighted by Gasteiger charge is 2.51. The van der Waals surface area contributed by atoms with Crippen molar-refractivity contribution < 1.29 is 4.74 Å². The van der Waals surface area contributed by atoms with E-state index in [-0.39, 0.29) is 11.0 Å². The third-order valence-electron chi connectivity index (χ3n) is 5.99. The number of pyridine rings is 1. The Hall–Kier alpha value is -1.71. The molecule has 1 aliphatic heterocycles. The van der Waals surface area contributed by atoms with Crippen molar-refractivity contribution in [2.75, 3.05) is 13.2 Å². The molecule has 1 atom stereocenters. The summed E-state index contributed by atoms with van der Waals surface area (Å²) in [5.41, 5.74) is 2.73. The largest absolute Gasteiger partial charge is 0.374 e. The number of hydrogen-bond acceptors (Lipinski definition) is 3. The van der Waals surface area contributed by atoms with Crippen LogP contribution in [0.4, 0.5) is 0 Å². The van der Waals surface area contributed by atoms with E-state index in [4.69, 9.17) is 9.72 Å². The van der Waals surface area contributed by atoms with Crippen molar-refractivity contribution in [3.63, 3.8) is 0 Å². The maximum absolute atomic E-state index is 6.42. The van der Waals surface area contributed by atoms with E-state index in [1.54, 1.807) is 0 Å². The highest BCUT2D eigenvalue weighted by Crippen LogP contribution is 2.50. The topological polar surface area (TPSA) is 34.2 Å². The van der Waals surface area contributed by atoms with Crippen molar-refractivity contribution in [1.29, 1.82) is 0 Å². The van der Waals surface area contributed by atoms with Crippen molar-refractivity contribution in [2.24, 2.45) is 0 Å². The smallest absolute Gasteiger partial charge is 0.0693 e. The second-order valence-corrected chi connectivity index (χ2v) is 7.76. The van der Waals surface area contributed by atoms with Crippen LogP contribution in [0.15, 0.2) is 54.7 Å². The summed E-state index contributed by atoms with van der Waals surface area (Å²) in [5, 5.41) is 3.62. The minimum absolute atomic E-state index is 0.0648. The lowest BCUT2D eigenvalue weighted by atomic mass is 9.75. The van der Waals surface area contributed by atoms with E-state index in [2.05, 4.69) is 47.8 Å². The van der Waals surface area contributed by atoms with E-state index in [1.807, 2.05) is 12.3 Å². The number of ether oxygens (including phenoxy) is 1. The molecule has 1 unspecified atom stereocenters. The molecule has 2 fully saturated rings. The van der Waals surface area contributed by atoms with Gasteiger partial charge in [0.25, 0.3) is 0 Å². The normalized spacial score (nSPS) is 24.8. The van der Waals surface area contributed by atoms with Gasteiger partial charge in [-0.25, -0.2) is 0 Å². The highest BCUT2D eigenvalue weighted by molar-refractivity contribution is 5.22. The van der Waals surface area contributed by atoms with Crippen LogP contribution in [0.1, 0.15) is 49.8 Å². The van der Waals surface area contributed by atoms with Crippen molar-refractivity contribution in [3.8, 4) is 0 Å². The molecule has 2 heterocycles. The Kier molecular flexibility index (Phi) is 4.87. The SMILES string of the molecule is c1ccc(CNCCC2(c3ccccn3)COC3(CCCC3)C2)cc1. The van der Waals surface area contributed by atoms with Crippen LogP contribution in [-0.2, 0) is 16.7 Å². The lowest BCUT2D eigenvalue weighted by Gasteiger charge is -2.29. The Morgan fingerprint density at radius 3 is 2.56 bits per heavy atom. The van der Waals surface area contributed by atoms with Crippen LogP contribution in [-0.4, -0.2) is 23.7 Å². The second-order valence-electron chi connectivity index (χ2n) is 7.76. The molecule has 132 valence electrons. The molecule has 1 N–H and O–H groups in total. The van der Waals surface area contributed by atoms with Gasteiger partial charge in [0.15, 0.2) is 0 Å². The summed E-state index contributed by atoms with van der Waals surface area (Å²) in [7, 11) is 0. The first-order valence-corrected chi connectivity index (χ1v) is 9.61. The Morgan fingerprint density at radius 2 is 1.80 bits per heavy atom. The lowest BCUT2D eigenvalue weighted by Crippen LogP contribution is -2.34. The van der Waals surface area contributed by atoms with Gasteiger partial charge in [0, 0.05) is 23.9 Å². The number of rotatable bonds is 6. The average molecular weight is 336 g/mol. The summed E-state index contributed by atoms with van der Waals surface area (Å²) in [4.78, 5) is 4.72. The van der Waals surface area contributed by atoms with E-state index in [0.29, 0.717) is 0 Å². The van der Waals surface area contributed by atoms with Crippen LogP contribution >= 0.6 is 0 Å². The van der Waals surface area contributed by atoms with Crippen molar-refractivity contribution in [1.82, 2.24) is 10.3 Å². The summed E-state index contributed by atoms with van der Waals surface area (Å²) in [6.45, 7) is 2.73. The summed E-state index contributed by atoms with van der Waals surface area (Å²) in [5.74, 6) is 0. The zero-order chi connectivity index (χ0) is 17.0. The van der Waals surface area contributed by atoms with Gasteiger partial charge < -0.3 is 10.1 Å². The quantitative estimate of drug-likeness (QED) is 0.802. The van der Waals surface area contributed by atoms with Crippen LogP contribution in [0.5, 0.6) is 0 Å². The number of hydrogen-bond donors (Lipinski definition) is 1. The van der Waals surface area contributed by atoms with Crippen LogP contribution < -0.4 is 5.32 Å². The maximum Gasteiger partial charge on any atom is 0.0693 e. The molecule has 2 aromatic rings. The fourth-order valence-electron chi connectivity index (χ4n) is 4.64. The third kappa shape index (κ3) is 3.63. The minimum atomic E-state index is 0.0648. The number of aromatic nitrogens is 1. The molecule has 25 heavy (non-hydrogen) atoms. The van der Waals surface area contributed by atoms with Gasteiger partial charge in [-0.2, -0.15) is 0 Å². The van der Waals surface area contributed by atoms with Gasteiger partial charge in [0.05, 0.1) is 12.2 Å². The molecular weight excluding hydrogens is 308 g/mol. The molecule has 0 bridgehead atoms. The molecule has 1 aromatic carbocycles.